The zero-order valence-corrected chi connectivity index (χ0v) is 12.1. The molecule has 0 atom stereocenters. The summed E-state index contributed by atoms with van der Waals surface area (Å²) in [4.78, 5) is 12.5. The normalized spacial score (nSPS) is 10.9. The minimum atomic E-state index is 0.255. The molecule has 0 spiro atoms. The van der Waals surface area contributed by atoms with Crippen LogP contribution in [0.2, 0.25) is 5.28 Å². The fraction of sp³-hybridized carbons (Fsp3) is 0.727. The van der Waals surface area contributed by atoms with Crippen molar-refractivity contribution in [2.75, 3.05) is 17.6 Å². The van der Waals surface area contributed by atoms with E-state index < -0.39 is 0 Å². The molecule has 96 valence electrons. The van der Waals surface area contributed by atoms with Gasteiger partial charge in [0.2, 0.25) is 11.2 Å². The van der Waals surface area contributed by atoms with Gasteiger partial charge in [0.15, 0.2) is 5.16 Å². The Hall–Kier alpha value is -0.550. The summed E-state index contributed by atoms with van der Waals surface area (Å²) in [6.45, 7) is 7.34. The molecule has 0 amide bonds. The third-order valence-electron chi connectivity index (χ3n) is 2.05. The Bertz CT molecular complexity index is 346. The maximum atomic E-state index is 5.85. The highest BCUT2D eigenvalue weighted by atomic mass is 35.5. The highest BCUT2D eigenvalue weighted by molar-refractivity contribution is 7.99. The predicted octanol–water partition coefficient (Wildman–Crippen LogP) is 3.49. The SMILES string of the molecule is CCCNc1nc(Cl)nc(SCCC(C)C)n1. The zero-order valence-electron chi connectivity index (χ0n) is 10.5. The van der Waals surface area contributed by atoms with Gasteiger partial charge >= 0.3 is 0 Å². The topological polar surface area (TPSA) is 50.7 Å². The third-order valence-corrected chi connectivity index (χ3v) is 3.10. The first kappa shape index (κ1) is 14.5. The Morgan fingerprint density at radius 2 is 2.06 bits per heavy atom. The van der Waals surface area contributed by atoms with Crippen molar-refractivity contribution in [3.8, 4) is 0 Å². The van der Waals surface area contributed by atoms with Gasteiger partial charge in [-0.2, -0.15) is 15.0 Å². The molecule has 1 rings (SSSR count). The summed E-state index contributed by atoms with van der Waals surface area (Å²) >= 11 is 7.48. The van der Waals surface area contributed by atoms with Crippen LogP contribution in [0.4, 0.5) is 5.95 Å². The minimum absolute atomic E-state index is 0.255. The lowest BCUT2D eigenvalue weighted by atomic mass is 10.2. The second-order valence-electron chi connectivity index (χ2n) is 4.17. The van der Waals surface area contributed by atoms with Crippen LogP contribution in [-0.2, 0) is 0 Å². The van der Waals surface area contributed by atoms with Crippen molar-refractivity contribution in [3.05, 3.63) is 5.28 Å². The molecule has 0 aromatic carbocycles. The molecule has 0 aliphatic rings. The summed E-state index contributed by atoms with van der Waals surface area (Å²) in [5, 5.41) is 4.07. The summed E-state index contributed by atoms with van der Waals surface area (Å²) in [6, 6.07) is 0. The number of hydrogen-bond donors (Lipinski definition) is 1. The van der Waals surface area contributed by atoms with Gasteiger partial charge in [-0.15, -0.1) is 0 Å². The molecule has 0 fully saturated rings. The smallest absolute Gasteiger partial charge is 0.228 e. The largest absolute Gasteiger partial charge is 0.354 e. The first-order chi connectivity index (χ1) is 8.11. The standard InChI is InChI=1S/C11H19ClN4S/c1-4-6-13-10-14-9(12)15-11(16-10)17-7-5-8(2)3/h8H,4-7H2,1-3H3,(H,13,14,15,16). The second-order valence-corrected chi connectivity index (χ2v) is 5.57. The van der Waals surface area contributed by atoms with E-state index in [1.165, 1.54) is 0 Å². The highest BCUT2D eigenvalue weighted by Gasteiger charge is 2.05. The number of nitrogens with zero attached hydrogens (tertiary/aromatic N) is 3. The Labute approximate surface area is 112 Å². The molecule has 0 unspecified atom stereocenters. The number of rotatable bonds is 7. The van der Waals surface area contributed by atoms with Crippen molar-refractivity contribution in [1.82, 2.24) is 15.0 Å². The number of halogens is 1. The first-order valence-corrected chi connectivity index (χ1v) is 7.26. The van der Waals surface area contributed by atoms with Crippen LogP contribution in [0.3, 0.4) is 0 Å². The molecule has 17 heavy (non-hydrogen) atoms. The molecule has 4 nitrogen and oxygen atoms in total. The Morgan fingerprint density at radius 3 is 2.71 bits per heavy atom. The number of nitrogens with one attached hydrogen (secondary N) is 1. The van der Waals surface area contributed by atoms with Crippen LogP contribution < -0.4 is 5.32 Å². The molecule has 1 aromatic heterocycles. The van der Waals surface area contributed by atoms with Gasteiger partial charge in [-0.1, -0.05) is 32.5 Å². The fourth-order valence-corrected chi connectivity index (χ4v) is 2.38. The lowest BCUT2D eigenvalue weighted by molar-refractivity contribution is 0.631. The number of hydrogen-bond acceptors (Lipinski definition) is 5. The average molecular weight is 275 g/mol. The van der Waals surface area contributed by atoms with E-state index in [1.54, 1.807) is 11.8 Å². The fourth-order valence-electron chi connectivity index (χ4n) is 1.10. The van der Waals surface area contributed by atoms with E-state index in [0.717, 1.165) is 25.1 Å². The molecular weight excluding hydrogens is 256 g/mol. The van der Waals surface area contributed by atoms with Crippen LogP contribution >= 0.6 is 23.4 Å². The molecule has 0 radical (unpaired) electrons. The van der Waals surface area contributed by atoms with Gasteiger partial charge in [-0.25, -0.2) is 0 Å². The van der Waals surface area contributed by atoms with E-state index >= 15 is 0 Å². The van der Waals surface area contributed by atoms with Crippen molar-refractivity contribution in [2.24, 2.45) is 5.92 Å². The zero-order chi connectivity index (χ0) is 12.7. The molecule has 1 heterocycles. The van der Waals surface area contributed by atoms with Crippen molar-refractivity contribution < 1.29 is 0 Å². The van der Waals surface area contributed by atoms with E-state index in [9.17, 15) is 0 Å². The van der Waals surface area contributed by atoms with E-state index in [2.05, 4.69) is 41.0 Å². The highest BCUT2D eigenvalue weighted by Crippen LogP contribution is 2.19. The Morgan fingerprint density at radius 1 is 1.29 bits per heavy atom. The van der Waals surface area contributed by atoms with Crippen LogP contribution in [0.5, 0.6) is 0 Å². The summed E-state index contributed by atoms with van der Waals surface area (Å²) in [7, 11) is 0. The summed E-state index contributed by atoms with van der Waals surface area (Å²) in [6.07, 6.45) is 2.17. The second kappa shape index (κ2) is 7.71. The monoisotopic (exact) mass is 274 g/mol. The van der Waals surface area contributed by atoms with E-state index in [4.69, 9.17) is 11.6 Å². The van der Waals surface area contributed by atoms with Crippen molar-refractivity contribution in [3.63, 3.8) is 0 Å². The third kappa shape index (κ3) is 6.07. The summed E-state index contributed by atoms with van der Waals surface area (Å²) in [5.74, 6) is 2.27. The molecule has 0 saturated heterocycles. The van der Waals surface area contributed by atoms with Crippen molar-refractivity contribution in [2.45, 2.75) is 38.8 Å². The number of thioether (sulfide) groups is 1. The van der Waals surface area contributed by atoms with E-state index in [-0.39, 0.29) is 5.28 Å². The molecule has 0 bridgehead atoms. The molecule has 1 aromatic rings. The minimum Gasteiger partial charge on any atom is -0.354 e. The molecular formula is C11H19ClN4S. The number of anilines is 1. The van der Waals surface area contributed by atoms with Gasteiger partial charge in [0.25, 0.3) is 0 Å². The maximum Gasteiger partial charge on any atom is 0.228 e. The predicted molar refractivity (Wildman–Crippen MR) is 73.8 cm³/mol. The lowest BCUT2D eigenvalue weighted by Crippen LogP contribution is -2.06. The van der Waals surface area contributed by atoms with Crippen LogP contribution in [0, 0.1) is 5.92 Å². The van der Waals surface area contributed by atoms with Crippen LogP contribution in [0.1, 0.15) is 33.6 Å². The molecule has 6 heteroatoms. The summed E-state index contributed by atoms with van der Waals surface area (Å²) < 4.78 is 0. The van der Waals surface area contributed by atoms with E-state index in [0.29, 0.717) is 17.0 Å². The maximum absolute atomic E-state index is 5.85. The molecule has 0 aliphatic carbocycles. The lowest BCUT2D eigenvalue weighted by Gasteiger charge is -2.06. The van der Waals surface area contributed by atoms with Gasteiger partial charge in [0, 0.05) is 12.3 Å². The van der Waals surface area contributed by atoms with Crippen LogP contribution in [-0.4, -0.2) is 27.2 Å². The van der Waals surface area contributed by atoms with Crippen LogP contribution in [0.15, 0.2) is 5.16 Å². The molecule has 0 saturated carbocycles. The van der Waals surface area contributed by atoms with E-state index in [1.807, 2.05) is 0 Å². The summed E-state index contributed by atoms with van der Waals surface area (Å²) in [5.41, 5.74) is 0. The van der Waals surface area contributed by atoms with Crippen molar-refractivity contribution >= 4 is 29.3 Å². The van der Waals surface area contributed by atoms with Gasteiger partial charge in [0.05, 0.1) is 0 Å². The number of aromatic nitrogens is 3. The first-order valence-electron chi connectivity index (χ1n) is 5.90. The van der Waals surface area contributed by atoms with Crippen molar-refractivity contribution in [1.29, 1.82) is 0 Å². The van der Waals surface area contributed by atoms with Gasteiger partial charge in [-0.3, -0.25) is 0 Å². The van der Waals surface area contributed by atoms with Gasteiger partial charge in [0.1, 0.15) is 0 Å². The van der Waals surface area contributed by atoms with Gasteiger partial charge in [-0.05, 0) is 30.4 Å². The Balaban J connectivity index is 2.55. The molecule has 0 aliphatic heterocycles. The molecule has 1 N–H and O–H groups in total. The Kier molecular flexibility index (Phi) is 6.58. The quantitative estimate of drug-likeness (QED) is 0.772. The van der Waals surface area contributed by atoms with Gasteiger partial charge < -0.3 is 5.32 Å². The average Bonchev–Trinajstić information content (AvgIpc) is 2.25. The van der Waals surface area contributed by atoms with Crippen LogP contribution in [0.25, 0.3) is 0 Å².